The monoisotopic (exact) mass is 443 g/mol. The van der Waals surface area contributed by atoms with Crippen LogP contribution < -0.4 is 0 Å². The first-order valence-corrected chi connectivity index (χ1v) is 12.7. The van der Waals surface area contributed by atoms with Crippen LogP contribution >= 0.6 is 0 Å². The molecule has 5 rings (SSSR count). The minimum atomic E-state index is -3.25. The van der Waals surface area contributed by atoms with Crippen molar-refractivity contribution in [1.29, 1.82) is 0 Å². The summed E-state index contributed by atoms with van der Waals surface area (Å²) in [5, 5.41) is 2.12. The molecule has 4 heterocycles. The van der Waals surface area contributed by atoms with Crippen LogP contribution in [0, 0.1) is 5.92 Å². The Hall–Kier alpha value is -2.10. The summed E-state index contributed by atoms with van der Waals surface area (Å²) < 4.78 is 33.1. The van der Waals surface area contributed by atoms with Crippen LogP contribution in [0.3, 0.4) is 0 Å². The Bertz CT molecular complexity index is 1170. The van der Waals surface area contributed by atoms with E-state index in [4.69, 9.17) is 4.74 Å². The molecular weight excluding hydrogens is 414 g/mol. The number of pyridine rings is 1. The molecule has 2 fully saturated rings. The van der Waals surface area contributed by atoms with E-state index in [1.165, 1.54) is 5.69 Å². The number of piperidine rings is 1. The van der Waals surface area contributed by atoms with Gasteiger partial charge >= 0.3 is 0 Å². The summed E-state index contributed by atoms with van der Waals surface area (Å²) in [7, 11) is -1.58. The summed E-state index contributed by atoms with van der Waals surface area (Å²) in [6.07, 6.45) is 10.9. The predicted molar refractivity (Wildman–Crippen MR) is 119 cm³/mol. The predicted octanol–water partition coefficient (Wildman–Crippen LogP) is 3.22. The number of nitrogens with one attached hydrogen (secondary N) is 1. The van der Waals surface area contributed by atoms with Gasteiger partial charge in [-0.2, -0.15) is 4.31 Å². The Morgan fingerprint density at radius 2 is 2.00 bits per heavy atom. The topological polar surface area (TPSA) is 101 Å². The molecule has 1 atom stereocenters. The Morgan fingerprint density at radius 3 is 2.81 bits per heavy atom. The van der Waals surface area contributed by atoms with Crippen molar-refractivity contribution in [3.63, 3.8) is 0 Å². The SMILES string of the molecule is COC1CCCN(S(=O)(=O)CC2CCC(c3[nH]cnc4cnc5nccc5c34)CC2)C1. The second kappa shape index (κ2) is 8.44. The number of sulfonamides is 1. The van der Waals surface area contributed by atoms with Crippen molar-refractivity contribution in [3.8, 4) is 0 Å². The largest absolute Gasteiger partial charge is 0.380 e. The number of nitrogens with zero attached hydrogens (tertiary/aromatic N) is 4. The molecule has 3 aromatic rings. The van der Waals surface area contributed by atoms with Gasteiger partial charge < -0.3 is 9.72 Å². The van der Waals surface area contributed by atoms with Crippen LogP contribution in [0.5, 0.6) is 0 Å². The van der Waals surface area contributed by atoms with Crippen LogP contribution in [0.4, 0.5) is 0 Å². The van der Waals surface area contributed by atoms with Crippen molar-refractivity contribution in [2.45, 2.75) is 50.5 Å². The number of hydrogen-bond donors (Lipinski definition) is 1. The first-order valence-electron chi connectivity index (χ1n) is 11.1. The highest BCUT2D eigenvalue weighted by Crippen LogP contribution is 2.39. The molecular formula is C22H29N5O3S. The third-order valence-electron chi connectivity index (χ3n) is 6.98. The molecule has 1 saturated carbocycles. The molecule has 1 aliphatic heterocycles. The summed E-state index contributed by atoms with van der Waals surface area (Å²) in [5.41, 5.74) is 2.79. The van der Waals surface area contributed by atoms with Crippen molar-refractivity contribution in [1.82, 2.24) is 24.2 Å². The van der Waals surface area contributed by atoms with Gasteiger partial charge in [0.25, 0.3) is 0 Å². The summed E-state index contributed by atoms with van der Waals surface area (Å²) in [5.74, 6) is 0.815. The molecule has 3 aromatic heterocycles. The lowest BCUT2D eigenvalue weighted by atomic mass is 9.80. The van der Waals surface area contributed by atoms with Crippen molar-refractivity contribution in [2.24, 2.45) is 5.92 Å². The van der Waals surface area contributed by atoms with Crippen LogP contribution in [0.2, 0.25) is 0 Å². The van der Waals surface area contributed by atoms with Crippen molar-refractivity contribution in [3.05, 3.63) is 30.5 Å². The molecule has 0 radical (unpaired) electrons. The van der Waals surface area contributed by atoms with Gasteiger partial charge in [0.2, 0.25) is 10.0 Å². The van der Waals surface area contributed by atoms with Crippen LogP contribution in [-0.2, 0) is 14.8 Å². The minimum absolute atomic E-state index is 0.0202. The van der Waals surface area contributed by atoms with E-state index in [0.717, 1.165) is 60.5 Å². The Balaban J connectivity index is 1.29. The molecule has 0 amide bonds. The third-order valence-corrected chi connectivity index (χ3v) is 8.99. The summed E-state index contributed by atoms with van der Waals surface area (Å²) >= 11 is 0. The van der Waals surface area contributed by atoms with Gasteiger partial charge in [-0.15, -0.1) is 0 Å². The van der Waals surface area contributed by atoms with Crippen LogP contribution in [0.15, 0.2) is 24.8 Å². The molecule has 0 aromatic carbocycles. The van der Waals surface area contributed by atoms with Gasteiger partial charge in [0.1, 0.15) is 0 Å². The highest BCUT2D eigenvalue weighted by Gasteiger charge is 2.33. The molecule has 0 bridgehead atoms. The number of methoxy groups -OCH3 is 1. The summed E-state index contributed by atoms with van der Waals surface area (Å²) in [6, 6.07) is 1.99. The lowest BCUT2D eigenvalue weighted by Crippen LogP contribution is -2.44. The first-order chi connectivity index (χ1) is 15.0. The maximum absolute atomic E-state index is 13.0. The number of fused-ring (bicyclic) bond motifs is 3. The van der Waals surface area contributed by atoms with Crippen molar-refractivity contribution in [2.75, 3.05) is 26.0 Å². The van der Waals surface area contributed by atoms with Gasteiger partial charge in [-0.25, -0.2) is 23.4 Å². The second-order valence-electron chi connectivity index (χ2n) is 8.87. The maximum atomic E-state index is 13.0. The van der Waals surface area contributed by atoms with E-state index < -0.39 is 10.0 Å². The number of aromatic nitrogens is 4. The van der Waals surface area contributed by atoms with Gasteiger partial charge in [0.15, 0.2) is 5.65 Å². The fourth-order valence-electron chi connectivity index (χ4n) is 5.27. The molecule has 1 unspecified atom stereocenters. The molecule has 8 nitrogen and oxygen atoms in total. The second-order valence-corrected chi connectivity index (χ2v) is 10.9. The van der Waals surface area contributed by atoms with E-state index in [9.17, 15) is 8.42 Å². The van der Waals surface area contributed by atoms with Gasteiger partial charge in [-0.05, 0) is 56.4 Å². The number of hydrogen-bond acceptors (Lipinski definition) is 6. The molecule has 166 valence electrons. The average molecular weight is 444 g/mol. The van der Waals surface area contributed by atoms with Crippen molar-refractivity contribution < 1.29 is 13.2 Å². The lowest BCUT2D eigenvalue weighted by Gasteiger charge is -2.34. The van der Waals surface area contributed by atoms with E-state index in [0.29, 0.717) is 19.0 Å². The quantitative estimate of drug-likeness (QED) is 0.650. The highest BCUT2D eigenvalue weighted by atomic mass is 32.2. The highest BCUT2D eigenvalue weighted by molar-refractivity contribution is 7.89. The van der Waals surface area contributed by atoms with Gasteiger partial charge in [0, 0.05) is 42.9 Å². The molecule has 1 saturated heterocycles. The fraction of sp³-hybridized carbons (Fsp3) is 0.591. The van der Waals surface area contributed by atoms with Crippen molar-refractivity contribution >= 4 is 32.0 Å². The first kappa shape index (κ1) is 20.8. The molecule has 0 spiro atoms. The van der Waals surface area contributed by atoms with E-state index in [-0.39, 0.29) is 17.8 Å². The number of H-pyrrole nitrogens is 1. The summed E-state index contributed by atoms with van der Waals surface area (Å²) in [4.78, 5) is 16.6. The Morgan fingerprint density at radius 1 is 1.16 bits per heavy atom. The normalized spacial score (nSPS) is 25.9. The van der Waals surface area contributed by atoms with Gasteiger partial charge in [-0.3, -0.25) is 0 Å². The van der Waals surface area contributed by atoms with Gasteiger partial charge in [-0.1, -0.05) is 0 Å². The fourth-order valence-corrected chi connectivity index (χ4v) is 7.21. The molecule has 1 aliphatic carbocycles. The number of ether oxygens (including phenoxy) is 1. The Labute approximate surface area is 182 Å². The zero-order chi connectivity index (χ0) is 21.4. The standard InChI is InChI=1S/C22H29N5O3S/c1-30-17-3-2-10-27(12-17)31(28,29)13-15-4-6-16(7-5-15)21-20-18-8-9-23-22(18)24-11-19(20)25-14-26-21/h8-9,11,14-17H,2-7,10,12-13H2,1H3,(H,25,26). The third kappa shape index (κ3) is 4.06. The van der Waals surface area contributed by atoms with E-state index in [2.05, 4.69) is 19.9 Å². The Kier molecular flexibility index (Phi) is 5.66. The molecule has 2 aliphatic rings. The number of aromatic amines is 1. The maximum Gasteiger partial charge on any atom is 0.214 e. The van der Waals surface area contributed by atoms with Gasteiger partial charge in [0.05, 0.1) is 29.9 Å². The molecule has 31 heavy (non-hydrogen) atoms. The van der Waals surface area contributed by atoms with Crippen LogP contribution in [0.1, 0.15) is 50.1 Å². The van der Waals surface area contributed by atoms with E-state index in [1.807, 2.05) is 6.07 Å². The van der Waals surface area contributed by atoms with Crippen LogP contribution in [-0.4, -0.2) is 64.7 Å². The van der Waals surface area contributed by atoms with E-state index in [1.54, 1.807) is 30.1 Å². The average Bonchev–Trinajstić information content (AvgIpc) is 3.28. The lowest BCUT2D eigenvalue weighted by molar-refractivity contribution is 0.0570. The number of rotatable bonds is 5. The van der Waals surface area contributed by atoms with E-state index >= 15 is 0 Å². The zero-order valence-electron chi connectivity index (χ0n) is 17.8. The molecule has 9 heteroatoms. The smallest absolute Gasteiger partial charge is 0.214 e. The minimum Gasteiger partial charge on any atom is -0.380 e. The zero-order valence-corrected chi connectivity index (χ0v) is 18.6. The molecule has 1 N–H and O–H groups in total. The summed E-state index contributed by atoms with van der Waals surface area (Å²) in [6.45, 7) is 1.11. The van der Waals surface area contributed by atoms with Crippen LogP contribution in [0.25, 0.3) is 21.9 Å².